The lowest BCUT2D eigenvalue weighted by Crippen LogP contribution is -2.42. The lowest BCUT2D eigenvalue weighted by molar-refractivity contribution is -0.122. The zero-order valence-electron chi connectivity index (χ0n) is 17.9. The fourth-order valence-corrected chi connectivity index (χ4v) is 3.22. The van der Waals surface area contributed by atoms with Crippen LogP contribution in [0.3, 0.4) is 0 Å². The van der Waals surface area contributed by atoms with Crippen molar-refractivity contribution in [3.63, 3.8) is 0 Å². The number of nitrogens with one attached hydrogen (secondary N) is 2. The minimum atomic E-state index is -0.545. The molecule has 1 unspecified atom stereocenters. The van der Waals surface area contributed by atoms with E-state index in [1.54, 1.807) is 12.5 Å². The Labute approximate surface area is 169 Å². The summed E-state index contributed by atoms with van der Waals surface area (Å²) in [5, 5.41) is 2.93. The van der Waals surface area contributed by atoms with E-state index in [9.17, 15) is 4.79 Å². The van der Waals surface area contributed by atoms with E-state index in [1.165, 1.54) is 0 Å². The van der Waals surface area contributed by atoms with Crippen LogP contribution < -0.4 is 11.1 Å². The SMILES string of the molecule is CN1CCN(CCCCCCNC(=O)C(N)Cc2c[nH]cn2)/C1=N/C(C)(C)C. The largest absolute Gasteiger partial charge is 0.355 e. The van der Waals surface area contributed by atoms with E-state index < -0.39 is 6.04 Å². The fourth-order valence-electron chi connectivity index (χ4n) is 3.22. The minimum absolute atomic E-state index is 0.0532. The number of likely N-dealkylation sites (N-methyl/N-ethyl adjacent to an activating group) is 1. The number of aromatic amines is 1. The molecule has 1 aliphatic heterocycles. The molecular weight excluding hydrogens is 354 g/mol. The van der Waals surface area contributed by atoms with Crippen molar-refractivity contribution < 1.29 is 4.79 Å². The highest BCUT2D eigenvalue weighted by Crippen LogP contribution is 2.15. The quantitative estimate of drug-likeness (QED) is 0.523. The number of amides is 1. The van der Waals surface area contributed by atoms with Crippen LogP contribution in [0.25, 0.3) is 0 Å². The van der Waals surface area contributed by atoms with Crippen LogP contribution in [0.4, 0.5) is 0 Å². The van der Waals surface area contributed by atoms with Crippen LogP contribution >= 0.6 is 0 Å². The topological polar surface area (TPSA) is 103 Å². The van der Waals surface area contributed by atoms with Gasteiger partial charge in [0.15, 0.2) is 5.96 Å². The highest BCUT2D eigenvalue weighted by molar-refractivity contribution is 5.82. The van der Waals surface area contributed by atoms with E-state index in [0.717, 1.165) is 57.0 Å². The molecule has 1 fully saturated rings. The van der Waals surface area contributed by atoms with E-state index in [4.69, 9.17) is 10.7 Å². The zero-order chi connectivity index (χ0) is 20.6. The number of aromatic nitrogens is 2. The first-order chi connectivity index (χ1) is 13.3. The molecule has 0 saturated carbocycles. The maximum absolute atomic E-state index is 12.0. The lowest BCUT2D eigenvalue weighted by Gasteiger charge is -2.24. The van der Waals surface area contributed by atoms with Crippen molar-refractivity contribution in [1.82, 2.24) is 25.1 Å². The Balaban J connectivity index is 1.57. The number of carbonyl (C=O) groups excluding carboxylic acids is 1. The smallest absolute Gasteiger partial charge is 0.237 e. The number of H-pyrrole nitrogens is 1. The first-order valence-electron chi connectivity index (χ1n) is 10.3. The molecule has 1 saturated heterocycles. The number of carbonyl (C=O) groups is 1. The molecule has 1 aromatic heterocycles. The molecule has 1 aliphatic rings. The van der Waals surface area contributed by atoms with Gasteiger partial charge in [-0.25, -0.2) is 9.98 Å². The third-order valence-electron chi connectivity index (χ3n) is 4.74. The van der Waals surface area contributed by atoms with Crippen molar-refractivity contribution in [2.75, 3.05) is 33.2 Å². The number of nitrogens with zero attached hydrogens (tertiary/aromatic N) is 4. The lowest BCUT2D eigenvalue weighted by atomic mass is 10.1. The van der Waals surface area contributed by atoms with Crippen molar-refractivity contribution in [1.29, 1.82) is 0 Å². The van der Waals surface area contributed by atoms with Crippen LogP contribution in [0.5, 0.6) is 0 Å². The minimum Gasteiger partial charge on any atom is -0.355 e. The van der Waals surface area contributed by atoms with Gasteiger partial charge in [-0.3, -0.25) is 4.79 Å². The molecule has 2 heterocycles. The summed E-state index contributed by atoms with van der Waals surface area (Å²) in [4.78, 5) is 28.5. The molecule has 4 N–H and O–H groups in total. The summed E-state index contributed by atoms with van der Waals surface area (Å²) in [6.45, 7) is 10.2. The van der Waals surface area contributed by atoms with Gasteiger partial charge >= 0.3 is 0 Å². The summed E-state index contributed by atoms with van der Waals surface area (Å²) in [5.41, 5.74) is 6.68. The Morgan fingerprint density at radius 3 is 2.75 bits per heavy atom. The number of imidazole rings is 1. The summed E-state index contributed by atoms with van der Waals surface area (Å²) < 4.78 is 0. The van der Waals surface area contributed by atoms with Crippen LogP contribution in [0.15, 0.2) is 17.5 Å². The Morgan fingerprint density at radius 1 is 1.32 bits per heavy atom. The van der Waals surface area contributed by atoms with E-state index in [1.807, 2.05) is 0 Å². The van der Waals surface area contributed by atoms with E-state index in [2.05, 4.69) is 52.9 Å². The van der Waals surface area contributed by atoms with Crippen LogP contribution in [0.2, 0.25) is 0 Å². The molecule has 0 aliphatic carbocycles. The number of nitrogens with two attached hydrogens (primary N) is 1. The second-order valence-electron chi connectivity index (χ2n) is 8.57. The van der Waals surface area contributed by atoms with Crippen molar-refractivity contribution in [2.24, 2.45) is 10.7 Å². The maximum Gasteiger partial charge on any atom is 0.237 e. The van der Waals surface area contributed by atoms with E-state index in [-0.39, 0.29) is 11.4 Å². The summed E-state index contributed by atoms with van der Waals surface area (Å²) in [6.07, 6.45) is 8.19. The molecular formula is C20H37N7O. The predicted octanol–water partition coefficient (Wildman–Crippen LogP) is 1.36. The number of aliphatic imine (C=N–C) groups is 1. The average molecular weight is 392 g/mol. The number of rotatable bonds is 10. The van der Waals surface area contributed by atoms with Crippen LogP contribution in [-0.2, 0) is 11.2 Å². The number of unbranched alkanes of at least 4 members (excludes halogenated alkanes) is 3. The van der Waals surface area contributed by atoms with Crippen LogP contribution in [-0.4, -0.2) is 76.4 Å². The molecule has 158 valence electrons. The average Bonchev–Trinajstić information content (AvgIpc) is 3.24. The van der Waals surface area contributed by atoms with Gasteiger partial charge in [-0.05, 0) is 33.6 Å². The van der Waals surface area contributed by atoms with Crippen molar-refractivity contribution in [3.8, 4) is 0 Å². The first-order valence-corrected chi connectivity index (χ1v) is 10.3. The predicted molar refractivity (Wildman–Crippen MR) is 113 cm³/mol. The van der Waals surface area contributed by atoms with E-state index >= 15 is 0 Å². The summed E-state index contributed by atoms with van der Waals surface area (Å²) >= 11 is 0. The highest BCUT2D eigenvalue weighted by atomic mass is 16.2. The Kier molecular flexibility index (Phi) is 8.29. The number of hydrogen-bond donors (Lipinski definition) is 3. The summed E-state index contributed by atoms with van der Waals surface area (Å²) in [7, 11) is 2.12. The summed E-state index contributed by atoms with van der Waals surface area (Å²) in [5.74, 6) is 1.01. The number of hydrogen-bond acceptors (Lipinski definition) is 4. The second-order valence-corrected chi connectivity index (χ2v) is 8.57. The summed E-state index contributed by atoms with van der Waals surface area (Å²) in [6, 6.07) is -0.545. The molecule has 1 atom stereocenters. The van der Waals surface area contributed by atoms with Gasteiger partial charge in [-0.2, -0.15) is 0 Å². The molecule has 8 heteroatoms. The van der Waals surface area contributed by atoms with Gasteiger partial charge < -0.3 is 25.8 Å². The van der Waals surface area contributed by atoms with Gasteiger partial charge in [0.25, 0.3) is 0 Å². The van der Waals surface area contributed by atoms with Crippen molar-refractivity contribution in [2.45, 2.75) is 64.5 Å². The zero-order valence-corrected chi connectivity index (χ0v) is 17.9. The Bertz CT molecular complexity index is 621. The fraction of sp³-hybridized carbons (Fsp3) is 0.750. The van der Waals surface area contributed by atoms with Crippen LogP contribution in [0.1, 0.15) is 52.1 Å². The molecule has 8 nitrogen and oxygen atoms in total. The second kappa shape index (κ2) is 10.5. The normalized spacial score (nSPS) is 17.4. The molecule has 28 heavy (non-hydrogen) atoms. The molecule has 0 spiro atoms. The monoisotopic (exact) mass is 391 g/mol. The maximum atomic E-state index is 12.0. The molecule has 2 rings (SSSR count). The Hall–Kier alpha value is -2.09. The van der Waals surface area contributed by atoms with E-state index in [0.29, 0.717) is 13.0 Å². The first kappa shape index (κ1) is 22.2. The van der Waals surface area contributed by atoms with Gasteiger partial charge in [0, 0.05) is 45.8 Å². The van der Waals surface area contributed by atoms with Crippen molar-refractivity contribution in [3.05, 3.63) is 18.2 Å². The molecule has 1 amide bonds. The molecule has 0 aromatic carbocycles. The standard InChI is InChI=1S/C20H37N7O/c1-20(2,3)25-19-26(4)11-12-27(19)10-8-6-5-7-9-23-18(28)17(21)13-16-14-22-15-24-16/h14-15,17H,5-13,21H2,1-4H3,(H,22,24)(H,23,28)/b25-19+. The van der Waals surface area contributed by atoms with Gasteiger partial charge in [-0.1, -0.05) is 12.8 Å². The van der Waals surface area contributed by atoms with Gasteiger partial charge in [-0.15, -0.1) is 0 Å². The molecule has 0 radical (unpaired) electrons. The van der Waals surface area contributed by atoms with Crippen LogP contribution in [0, 0.1) is 0 Å². The van der Waals surface area contributed by atoms with Gasteiger partial charge in [0.1, 0.15) is 0 Å². The van der Waals surface area contributed by atoms with Crippen molar-refractivity contribution >= 4 is 11.9 Å². The third-order valence-corrected chi connectivity index (χ3v) is 4.74. The third kappa shape index (κ3) is 7.50. The number of guanidine groups is 1. The highest BCUT2D eigenvalue weighted by Gasteiger charge is 2.25. The van der Waals surface area contributed by atoms with Gasteiger partial charge in [0.05, 0.1) is 23.6 Å². The molecule has 0 bridgehead atoms. The molecule has 1 aromatic rings. The Morgan fingerprint density at radius 2 is 2.07 bits per heavy atom. The van der Waals surface area contributed by atoms with Gasteiger partial charge in [0.2, 0.25) is 5.91 Å².